The molecular weight excluding hydrogens is 264 g/mol. The van der Waals surface area contributed by atoms with Crippen molar-refractivity contribution in [3.05, 3.63) is 58.0 Å². The minimum Gasteiger partial charge on any atom is -0.382 e. The number of aromatic amines is 2. The third-order valence-corrected chi connectivity index (χ3v) is 3.43. The fourth-order valence-electron chi connectivity index (χ4n) is 2.41. The summed E-state index contributed by atoms with van der Waals surface area (Å²) in [4.78, 5) is 15.2. The molecule has 0 aliphatic heterocycles. The first-order chi connectivity index (χ1) is 10.1. The van der Waals surface area contributed by atoms with E-state index in [0.717, 1.165) is 22.4 Å². The van der Waals surface area contributed by atoms with Crippen LogP contribution in [0.4, 0.5) is 5.82 Å². The summed E-state index contributed by atoms with van der Waals surface area (Å²) in [5.74, 6) is 0.385. The van der Waals surface area contributed by atoms with Gasteiger partial charge in [-0.1, -0.05) is 29.8 Å². The molecular formula is C16H16N4O. The van der Waals surface area contributed by atoms with Crippen molar-refractivity contribution in [3.8, 4) is 22.4 Å². The van der Waals surface area contributed by atoms with E-state index in [4.69, 9.17) is 5.73 Å². The zero-order chi connectivity index (χ0) is 15.0. The van der Waals surface area contributed by atoms with Crippen LogP contribution in [0.25, 0.3) is 22.4 Å². The van der Waals surface area contributed by atoms with Crippen molar-refractivity contribution in [3.63, 3.8) is 0 Å². The van der Waals surface area contributed by atoms with Gasteiger partial charge in [0.15, 0.2) is 11.2 Å². The molecule has 5 heteroatoms. The number of hydrogen-bond acceptors (Lipinski definition) is 3. The molecule has 4 N–H and O–H groups in total. The normalized spacial score (nSPS) is 10.8. The van der Waals surface area contributed by atoms with Gasteiger partial charge in [0.05, 0.1) is 16.8 Å². The quantitative estimate of drug-likeness (QED) is 0.674. The fraction of sp³-hybridized carbons (Fsp3) is 0.125. The summed E-state index contributed by atoms with van der Waals surface area (Å²) in [5, 5.41) is 6.94. The molecule has 0 unspecified atom stereocenters. The monoisotopic (exact) mass is 280 g/mol. The second kappa shape index (κ2) is 4.94. The highest BCUT2D eigenvalue weighted by atomic mass is 16.1. The number of hydrogen-bond donors (Lipinski definition) is 3. The summed E-state index contributed by atoms with van der Waals surface area (Å²) in [6.45, 7) is 3.85. The van der Waals surface area contributed by atoms with E-state index in [0.29, 0.717) is 17.1 Å². The number of benzene rings is 1. The zero-order valence-corrected chi connectivity index (χ0v) is 11.9. The fourth-order valence-corrected chi connectivity index (χ4v) is 2.41. The Morgan fingerprint density at radius 2 is 2.00 bits per heavy atom. The Morgan fingerprint density at radius 3 is 2.71 bits per heavy atom. The molecule has 5 nitrogen and oxygen atoms in total. The lowest BCUT2D eigenvalue weighted by molar-refractivity contribution is 1.09. The van der Waals surface area contributed by atoms with E-state index in [1.54, 1.807) is 12.3 Å². The Balaban J connectivity index is 2.24. The summed E-state index contributed by atoms with van der Waals surface area (Å²) in [7, 11) is 0. The number of nitrogens with zero attached hydrogens (tertiary/aromatic N) is 1. The van der Waals surface area contributed by atoms with Gasteiger partial charge in [-0.05, 0) is 19.4 Å². The van der Waals surface area contributed by atoms with E-state index >= 15 is 0 Å². The standard InChI is InChI=1S/C16H16N4O/c1-9-4-3-5-11(6-9)14-15(19-20-16(14)17)12-8-18-10(2)7-13(12)21/h3-8H,1-2H3,(H,18,21)(H3,17,19,20). The third kappa shape index (κ3) is 2.33. The lowest BCUT2D eigenvalue weighted by Crippen LogP contribution is -2.06. The van der Waals surface area contributed by atoms with E-state index in [-0.39, 0.29) is 5.43 Å². The summed E-state index contributed by atoms with van der Waals surface area (Å²) in [6.07, 6.45) is 1.68. The van der Waals surface area contributed by atoms with Crippen molar-refractivity contribution in [1.82, 2.24) is 15.2 Å². The van der Waals surface area contributed by atoms with Gasteiger partial charge in [0.2, 0.25) is 0 Å². The number of pyridine rings is 1. The average molecular weight is 280 g/mol. The third-order valence-electron chi connectivity index (χ3n) is 3.43. The molecule has 21 heavy (non-hydrogen) atoms. The summed E-state index contributed by atoms with van der Waals surface area (Å²) >= 11 is 0. The minimum absolute atomic E-state index is 0.0659. The number of H-pyrrole nitrogens is 2. The van der Waals surface area contributed by atoms with Gasteiger partial charge in [0.25, 0.3) is 0 Å². The maximum absolute atomic E-state index is 12.2. The molecule has 0 radical (unpaired) electrons. The van der Waals surface area contributed by atoms with Gasteiger partial charge in [-0.15, -0.1) is 0 Å². The van der Waals surface area contributed by atoms with E-state index in [2.05, 4.69) is 15.2 Å². The van der Waals surface area contributed by atoms with E-state index in [1.165, 1.54) is 0 Å². The van der Waals surface area contributed by atoms with Crippen LogP contribution in [0, 0.1) is 13.8 Å². The van der Waals surface area contributed by atoms with Crippen molar-refractivity contribution in [1.29, 1.82) is 0 Å². The number of anilines is 1. The van der Waals surface area contributed by atoms with Crippen LogP contribution in [-0.2, 0) is 0 Å². The Kier molecular flexibility index (Phi) is 3.10. The molecule has 3 aromatic rings. The van der Waals surface area contributed by atoms with Crippen molar-refractivity contribution in [2.45, 2.75) is 13.8 Å². The SMILES string of the molecule is Cc1cccc(-c2c(N)n[nH]c2-c2c[nH]c(C)cc2=O)c1. The molecule has 0 aliphatic rings. The largest absolute Gasteiger partial charge is 0.382 e. The van der Waals surface area contributed by atoms with Crippen molar-refractivity contribution in [2.24, 2.45) is 0 Å². The number of aryl methyl sites for hydroxylation is 2. The van der Waals surface area contributed by atoms with Crippen LogP contribution in [-0.4, -0.2) is 15.2 Å². The summed E-state index contributed by atoms with van der Waals surface area (Å²) in [5.41, 5.74) is 10.7. The first kappa shape index (κ1) is 13.2. The van der Waals surface area contributed by atoms with Crippen LogP contribution in [0.1, 0.15) is 11.3 Å². The molecule has 0 spiro atoms. The first-order valence-corrected chi connectivity index (χ1v) is 6.67. The van der Waals surface area contributed by atoms with Gasteiger partial charge in [-0.2, -0.15) is 5.10 Å². The predicted molar refractivity (Wildman–Crippen MR) is 84.0 cm³/mol. The molecule has 0 aliphatic carbocycles. The van der Waals surface area contributed by atoms with E-state index in [9.17, 15) is 4.79 Å². The van der Waals surface area contributed by atoms with E-state index in [1.807, 2.05) is 38.1 Å². The highest BCUT2D eigenvalue weighted by molar-refractivity contribution is 5.87. The van der Waals surface area contributed by atoms with Crippen LogP contribution in [0.15, 0.2) is 41.3 Å². The van der Waals surface area contributed by atoms with Crippen molar-refractivity contribution < 1.29 is 0 Å². The Morgan fingerprint density at radius 1 is 1.19 bits per heavy atom. The van der Waals surface area contributed by atoms with Crippen LogP contribution in [0.5, 0.6) is 0 Å². The van der Waals surface area contributed by atoms with Crippen LogP contribution in [0.3, 0.4) is 0 Å². The van der Waals surface area contributed by atoms with Gasteiger partial charge >= 0.3 is 0 Å². The molecule has 0 atom stereocenters. The van der Waals surface area contributed by atoms with Crippen LogP contribution in [0.2, 0.25) is 0 Å². The van der Waals surface area contributed by atoms with E-state index < -0.39 is 0 Å². The van der Waals surface area contributed by atoms with Gasteiger partial charge in [-0.3, -0.25) is 9.89 Å². The molecule has 0 saturated heterocycles. The van der Waals surface area contributed by atoms with Crippen LogP contribution >= 0.6 is 0 Å². The average Bonchev–Trinajstić information content (AvgIpc) is 2.80. The first-order valence-electron chi connectivity index (χ1n) is 6.67. The zero-order valence-electron chi connectivity index (χ0n) is 11.9. The molecule has 3 rings (SSSR count). The molecule has 2 aromatic heterocycles. The number of nitrogen functional groups attached to an aromatic ring is 1. The molecule has 0 fully saturated rings. The predicted octanol–water partition coefficient (Wildman–Crippen LogP) is 2.63. The second-order valence-corrected chi connectivity index (χ2v) is 5.12. The number of nitrogens with two attached hydrogens (primary N) is 1. The number of nitrogens with one attached hydrogen (secondary N) is 2. The summed E-state index contributed by atoms with van der Waals surface area (Å²) in [6, 6.07) is 9.51. The van der Waals surface area contributed by atoms with Crippen molar-refractivity contribution >= 4 is 5.82 Å². The lowest BCUT2D eigenvalue weighted by atomic mass is 10.00. The molecule has 1 aromatic carbocycles. The van der Waals surface area contributed by atoms with Crippen molar-refractivity contribution in [2.75, 3.05) is 5.73 Å². The molecule has 0 saturated carbocycles. The van der Waals surface area contributed by atoms with Gasteiger partial charge in [-0.25, -0.2) is 0 Å². The summed E-state index contributed by atoms with van der Waals surface area (Å²) < 4.78 is 0. The highest BCUT2D eigenvalue weighted by Gasteiger charge is 2.17. The molecule has 0 bridgehead atoms. The highest BCUT2D eigenvalue weighted by Crippen LogP contribution is 2.33. The van der Waals surface area contributed by atoms with Gasteiger partial charge in [0, 0.05) is 18.0 Å². The minimum atomic E-state index is -0.0659. The van der Waals surface area contributed by atoms with Crippen LogP contribution < -0.4 is 11.2 Å². The Hall–Kier alpha value is -2.82. The molecule has 106 valence electrons. The maximum atomic E-state index is 12.2. The topological polar surface area (TPSA) is 87.6 Å². The van der Waals surface area contributed by atoms with Gasteiger partial charge in [0.1, 0.15) is 0 Å². The Bertz CT molecular complexity index is 861. The number of rotatable bonds is 2. The Labute approximate surface area is 121 Å². The second-order valence-electron chi connectivity index (χ2n) is 5.12. The van der Waals surface area contributed by atoms with Gasteiger partial charge < -0.3 is 10.7 Å². The number of aromatic nitrogens is 3. The maximum Gasteiger partial charge on any atom is 0.191 e. The molecule has 0 amide bonds. The smallest absolute Gasteiger partial charge is 0.191 e. The molecule has 2 heterocycles. The lowest BCUT2D eigenvalue weighted by Gasteiger charge is -2.05.